The van der Waals surface area contributed by atoms with Gasteiger partial charge < -0.3 is 5.32 Å². The Morgan fingerprint density at radius 1 is 1.24 bits per heavy atom. The molecule has 128 valence electrons. The van der Waals surface area contributed by atoms with Crippen molar-refractivity contribution in [2.24, 2.45) is 0 Å². The van der Waals surface area contributed by atoms with Crippen molar-refractivity contribution < 1.29 is 4.79 Å². The lowest BCUT2D eigenvalue weighted by Crippen LogP contribution is -2.32. The van der Waals surface area contributed by atoms with Crippen LogP contribution in [0.1, 0.15) is 36.2 Å². The summed E-state index contributed by atoms with van der Waals surface area (Å²) >= 11 is 1.62. The number of fused-ring (bicyclic) bond motifs is 3. The molecule has 1 aromatic carbocycles. The van der Waals surface area contributed by atoms with E-state index >= 15 is 0 Å². The lowest BCUT2D eigenvalue weighted by atomic mass is 9.97. The van der Waals surface area contributed by atoms with Gasteiger partial charge in [0, 0.05) is 10.6 Å². The number of carbonyl (C=O) groups is 1. The molecule has 6 heteroatoms. The largest absolute Gasteiger partial charge is 0.324 e. The van der Waals surface area contributed by atoms with E-state index in [1.165, 1.54) is 22.2 Å². The zero-order valence-electron chi connectivity index (χ0n) is 14.0. The quantitative estimate of drug-likeness (QED) is 0.783. The van der Waals surface area contributed by atoms with Crippen LogP contribution in [0.25, 0.3) is 10.2 Å². The summed E-state index contributed by atoms with van der Waals surface area (Å²) in [5, 5.41) is 3.56. The molecular weight excluding hydrogens is 334 g/mol. The minimum absolute atomic E-state index is 0.111. The zero-order valence-corrected chi connectivity index (χ0v) is 14.8. The fourth-order valence-corrected chi connectivity index (χ4v) is 4.55. The highest BCUT2D eigenvalue weighted by atomic mass is 32.1. The van der Waals surface area contributed by atoms with Gasteiger partial charge in [0.15, 0.2) is 0 Å². The van der Waals surface area contributed by atoms with E-state index in [1.807, 2.05) is 30.3 Å². The minimum Gasteiger partial charge on any atom is -0.324 e. The Kier molecular flexibility index (Phi) is 4.13. The molecule has 0 saturated carbocycles. The summed E-state index contributed by atoms with van der Waals surface area (Å²) in [7, 11) is 0. The van der Waals surface area contributed by atoms with Crippen LogP contribution >= 0.6 is 11.3 Å². The van der Waals surface area contributed by atoms with Crippen LogP contribution in [0.3, 0.4) is 0 Å². The molecule has 0 aliphatic heterocycles. The molecule has 5 nitrogen and oxygen atoms in total. The number of aromatic nitrogens is 2. The highest BCUT2D eigenvalue weighted by Gasteiger charge is 2.23. The Hall–Kier alpha value is -2.47. The molecule has 1 amide bonds. The van der Waals surface area contributed by atoms with E-state index in [0.717, 1.165) is 29.7 Å². The number of hydrogen-bond donors (Lipinski definition) is 1. The monoisotopic (exact) mass is 353 g/mol. The fraction of sp³-hybridized carbons (Fsp3) is 0.316. The highest BCUT2D eigenvalue weighted by Crippen LogP contribution is 2.33. The molecule has 0 spiro atoms. The standard InChI is InChI=1S/C19H19N3O2S/c1-12(17(23)21-13-7-3-2-4-8-13)22-11-20-18-16(19(22)24)14-9-5-6-10-15(14)25-18/h2-4,7-8,11-12H,5-6,9-10H2,1H3,(H,21,23)/t12-/m0/s1. The van der Waals surface area contributed by atoms with Crippen LogP contribution in [0.4, 0.5) is 5.69 Å². The fourth-order valence-electron chi connectivity index (χ4n) is 3.33. The summed E-state index contributed by atoms with van der Waals surface area (Å²) in [6, 6.07) is 8.63. The van der Waals surface area contributed by atoms with Crippen molar-refractivity contribution in [3.05, 3.63) is 57.5 Å². The number of nitrogens with zero attached hydrogens (tertiary/aromatic N) is 2. The first kappa shape index (κ1) is 16.0. The third-order valence-corrected chi connectivity index (χ3v) is 5.94. The third-order valence-electron chi connectivity index (χ3n) is 4.74. The van der Waals surface area contributed by atoms with E-state index in [2.05, 4.69) is 10.3 Å². The van der Waals surface area contributed by atoms with E-state index in [1.54, 1.807) is 18.3 Å². The van der Waals surface area contributed by atoms with E-state index in [0.29, 0.717) is 11.1 Å². The first-order chi connectivity index (χ1) is 12.1. The first-order valence-electron chi connectivity index (χ1n) is 8.52. The summed E-state index contributed by atoms with van der Waals surface area (Å²) in [6.07, 6.45) is 5.74. The van der Waals surface area contributed by atoms with Gasteiger partial charge in [0.2, 0.25) is 5.91 Å². The van der Waals surface area contributed by atoms with Crippen LogP contribution in [0.5, 0.6) is 0 Å². The predicted octanol–water partition coefficient (Wildman–Crippen LogP) is 3.54. The lowest BCUT2D eigenvalue weighted by molar-refractivity contribution is -0.118. The second-order valence-electron chi connectivity index (χ2n) is 6.38. The number of rotatable bonds is 3. The second-order valence-corrected chi connectivity index (χ2v) is 7.46. The van der Waals surface area contributed by atoms with Crippen LogP contribution in [-0.4, -0.2) is 15.5 Å². The van der Waals surface area contributed by atoms with Gasteiger partial charge in [0.25, 0.3) is 5.56 Å². The molecule has 2 aromatic heterocycles. The van der Waals surface area contributed by atoms with E-state index in [4.69, 9.17) is 0 Å². The molecule has 1 aliphatic carbocycles. The van der Waals surface area contributed by atoms with Crippen molar-refractivity contribution in [1.29, 1.82) is 0 Å². The average Bonchev–Trinajstić information content (AvgIpc) is 3.01. The van der Waals surface area contributed by atoms with Gasteiger partial charge in [-0.3, -0.25) is 14.2 Å². The van der Waals surface area contributed by atoms with Gasteiger partial charge in [0.1, 0.15) is 10.9 Å². The number of para-hydroxylation sites is 1. The van der Waals surface area contributed by atoms with Crippen molar-refractivity contribution >= 4 is 33.1 Å². The Labute approximate surface area is 149 Å². The predicted molar refractivity (Wildman–Crippen MR) is 100 cm³/mol. The Morgan fingerprint density at radius 2 is 2.00 bits per heavy atom. The number of nitrogens with one attached hydrogen (secondary N) is 1. The van der Waals surface area contributed by atoms with Crippen molar-refractivity contribution in [2.75, 3.05) is 5.32 Å². The van der Waals surface area contributed by atoms with Crippen molar-refractivity contribution in [3.8, 4) is 0 Å². The van der Waals surface area contributed by atoms with Crippen molar-refractivity contribution in [3.63, 3.8) is 0 Å². The molecular formula is C19H19N3O2S. The Morgan fingerprint density at radius 3 is 2.80 bits per heavy atom. The first-order valence-corrected chi connectivity index (χ1v) is 9.34. The zero-order chi connectivity index (χ0) is 17.4. The number of carbonyl (C=O) groups excluding carboxylic acids is 1. The maximum absolute atomic E-state index is 13.0. The maximum atomic E-state index is 13.0. The van der Waals surface area contributed by atoms with Crippen LogP contribution < -0.4 is 10.9 Å². The number of thiophene rings is 1. The van der Waals surface area contributed by atoms with Crippen LogP contribution in [0.2, 0.25) is 0 Å². The molecule has 4 rings (SSSR count). The summed E-state index contributed by atoms with van der Waals surface area (Å²) < 4.78 is 1.45. The maximum Gasteiger partial charge on any atom is 0.263 e. The summed E-state index contributed by atoms with van der Waals surface area (Å²) in [4.78, 5) is 32.1. The van der Waals surface area contributed by atoms with Gasteiger partial charge in [-0.25, -0.2) is 4.98 Å². The molecule has 1 aliphatic rings. The second kappa shape index (κ2) is 6.44. The number of benzene rings is 1. The SMILES string of the molecule is C[C@@H](C(=O)Nc1ccccc1)n1cnc2sc3c(c2c1=O)CCCC3. The van der Waals surface area contributed by atoms with Crippen LogP contribution in [-0.2, 0) is 17.6 Å². The smallest absolute Gasteiger partial charge is 0.263 e. The number of anilines is 1. The van der Waals surface area contributed by atoms with Gasteiger partial charge in [-0.1, -0.05) is 18.2 Å². The van der Waals surface area contributed by atoms with Crippen molar-refractivity contribution in [2.45, 2.75) is 38.6 Å². The van der Waals surface area contributed by atoms with E-state index in [9.17, 15) is 9.59 Å². The Balaban J connectivity index is 1.70. The minimum atomic E-state index is -0.622. The molecule has 25 heavy (non-hydrogen) atoms. The molecule has 2 heterocycles. The molecule has 0 fully saturated rings. The highest BCUT2D eigenvalue weighted by molar-refractivity contribution is 7.18. The molecule has 1 N–H and O–H groups in total. The molecule has 0 bridgehead atoms. The van der Waals surface area contributed by atoms with Crippen LogP contribution in [0, 0.1) is 0 Å². The topological polar surface area (TPSA) is 64.0 Å². The number of aryl methyl sites for hydroxylation is 2. The van der Waals surface area contributed by atoms with Gasteiger partial charge in [-0.2, -0.15) is 0 Å². The summed E-state index contributed by atoms with van der Waals surface area (Å²) in [5.41, 5.74) is 1.75. The Bertz CT molecular complexity index is 991. The molecule has 0 radical (unpaired) electrons. The molecule has 3 aromatic rings. The van der Waals surface area contributed by atoms with E-state index < -0.39 is 6.04 Å². The van der Waals surface area contributed by atoms with Crippen molar-refractivity contribution in [1.82, 2.24) is 9.55 Å². The van der Waals surface area contributed by atoms with Gasteiger partial charge in [0.05, 0.1) is 11.7 Å². The van der Waals surface area contributed by atoms with Gasteiger partial charge in [-0.15, -0.1) is 11.3 Å². The normalized spacial score (nSPS) is 14.9. The lowest BCUT2D eigenvalue weighted by Gasteiger charge is -2.15. The summed E-state index contributed by atoms with van der Waals surface area (Å²) in [6.45, 7) is 1.73. The molecule has 1 atom stereocenters. The summed E-state index contributed by atoms with van der Waals surface area (Å²) in [5.74, 6) is -0.224. The molecule has 0 saturated heterocycles. The average molecular weight is 353 g/mol. The number of amides is 1. The van der Waals surface area contributed by atoms with Crippen LogP contribution in [0.15, 0.2) is 41.5 Å². The molecule has 0 unspecified atom stereocenters. The van der Waals surface area contributed by atoms with Gasteiger partial charge in [-0.05, 0) is 50.3 Å². The number of hydrogen-bond acceptors (Lipinski definition) is 4. The third kappa shape index (κ3) is 2.87. The van der Waals surface area contributed by atoms with Gasteiger partial charge >= 0.3 is 0 Å². The van der Waals surface area contributed by atoms with E-state index in [-0.39, 0.29) is 11.5 Å².